The molecule has 5 heteroatoms. The Kier molecular flexibility index (Phi) is 4.36. The van der Waals surface area contributed by atoms with Gasteiger partial charge in [0, 0.05) is 5.56 Å². The molecule has 0 aromatic heterocycles. The Morgan fingerprint density at radius 2 is 1.82 bits per heavy atom. The highest BCUT2D eigenvalue weighted by Gasteiger charge is 2.30. The van der Waals surface area contributed by atoms with Crippen molar-refractivity contribution in [3.63, 3.8) is 0 Å². The SMILES string of the molecule is Cc1ccc(OS(=O)OC2CCc3ccccc3C2=O)cc1. The highest BCUT2D eigenvalue weighted by molar-refractivity contribution is 7.75. The molecule has 2 aromatic carbocycles. The van der Waals surface area contributed by atoms with Crippen LogP contribution in [0.2, 0.25) is 0 Å². The third kappa shape index (κ3) is 3.26. The molecule has 2 aromatic rings. The minimum absolute atomic E-state index is 0.136. The predicted octanol–water partition coefficient (Wildman–Crippen LogP) is 3.17. The first-order valence-corrected chi connectivity index (χ1v) is 8.09. The number of Topliss-reactive ketones (excluding diaryl/α,β-unsaturated/α-hetero) is 1. The maximum atomic E-state index is 12.3. The number of ketones is 1. The van der Waals surface area contributed by atoms with Crippen molar-refractivity contribution < 1.29 is 17.4 Å². The van der Waals surface area contributed by atoms with Gasteiger partial charge in [0.2, 0.25) is 0 Å². The third-order valence-corrected chi connectivity index (χ3v) is 4.35. The van der Waals surface area contributed by atoms with Gasteiger partial charge in [0.15, 0.2) is 5.78 Å². The summed E-state index contributed by atoms with van der Waals surface area (Å²) in [6, 6.07) is 14.6. The molecular weight excluding hydrogens is 300 g/mol. The second-order valence-corrected chi connectivity index (χ2v) is 6.01. The number of aryl methyl sites for hydroxylation is 2. The summed E-state index contributed by atoms with van der Waals surface area (Å²) in [4.78, 5) is 12.3. The van der Waals surface area contributed by atoms with Crippen molar-refractivity contribution in [2.24, 2.45) is 0 Å². The van der Waals surface area contributed by atoms with E-state index in [-0.39, 0.29) is 5.78 Å². The van der Waals surface area contributed by atoms with Crippen molar-refractivity contribution in [1.82, 2.24) is 0 Å². The standard InChI is InChI=1S/C17H16O4S/c1-12-6-9-14(10-7-12)20-22(19)21-16-11-8-13-4-2-3-5-15(13)17(16)18/h2-7,9-10,16H,8,11H2,1H3. The van der Waals surface area contributed by atoms with Crippen molar-refractivity contribution >= 4 is 17.1 Å². The lowest BCUT2D eigenvalue weighted by Gasteiger charge is -2.22. The van der Waals surface area contributed by atoms with E-state index in [1.807, 2.05) is 37.3 Å². The number of rotatable bonds is 4. The van der Waals surface area contributed by atoms with Gasteiger partial charge in [-0.25, -0.2) is 4.18 Å². The van der Waals surface area contributed by atoms with Gasteiger partial charge in [0.1, 0.15) is 11.9 Å². The fourth-order valence-corrected chi connectivity index (χ4v) is 3.13. The topological polar surface area (TPSA) is 52.6 Å². The lowest BCUT2D eigenvalue weighted by atomic mass is 9.89. The molecular formula is C17H16O4S. The molecule has 114 valence electrons. The molecule has 0 saturated carbocycles. The first-order chi connectivity index (χ1) is 10.6. The van der Waals surface area contributed by atoms with Gasteiger partial charge in [-0.3, -0.25) is 4.79 Å². The fourth-order valence-electron chi connectivity index (χ4n) is 2.45. The van der Waals surface area contributed by atoms with Crippen LogP contribution in [-0.2, 0) is 22.0 Å². The van der Waals surface area contributed by atoms with Crippen molar-refractivity contribution in [1.29, 1.82) is 0 Å². The van der Waals surface area contributed by atoms with E-state index < -0.39 is 17.5 Å². The average Bonchev–Trinajstić information content (AvgIpc) is 2.53. The number of hydrogen-bond donors (Lipinski definition) is 0. The van der Waals surface area contributed by atoms with E-state index in [9.17, 15) is 9.00 Å². The van der Waals surface area contributed by atoms with Gasteiger partial charge >= 0.3 is 11.4 Å². The summed E-state index contributed by atoms with van der Waals surface area (Å²) in [7, 11) is 0. The van der Waals surface area contributed by atoms with Crippen LogP contribution in [0.4, 0.5) is 0 Å². The van der Waals surface area contributed by atoms with Crippen molar-refractivity contribution in [3.8, 4) is 5.75 Å². The van der Waals surface area contributed by atoms with Crippen LogP contribution in [0.25, 0.3) is 0 Å². The first-order valence-electron chi connectivity index (χ1n) is 7.09. The number of fused-ring (bicyclic) bond motifs is 1. The van der Waals surface area contributed by atoms with Crippen LogP contribution in [0.3, 0.4) is 0 Å². The minimum atomic E-state index is -1.99. The number of carbonyl (C=O) groups is 1. The fraction of sp³-hybridized carbons (Fsp3) is 0.235. The van der Waals surface area contributed by atoms with Gasteiger partial charge < -0.3 is 4.18 Å². The highest BCUT2D eigenvalue weighted by Crippen LogP contribution is 2.24. The number of carbonyl (C=O) groups excluding carboxylic acids is 1. The predicted molar refractivity (Wildman–Crippen MR) is 83.9 cm³/mol. The summed E-state index contributed by atoms with van der Waals surface area (Å²) in [6.07, 6.45) is 0.522. The van der Waals surface area contributed by atoms with Crippen LogP contribution >= 0.6 is 0 Å². The van der Waals surface area contributed by atoms with E-state index >= 15 is 0 Å². The van der Waals surface area contributed by atoms with Crippen LogP contribution in [0, 0.1) is 6.92 Å². The lowest BCUT2D eigenvalue weighted by Crippen LogP contribution is -2.31. The van der Waals surface area contributed by atoms with Crippen molar-refractivity contribution in [3.05, 3.63) is 65.2 Å². The first kappa shape index (κ1) is 14.9. The zero-order valence-electron chi connectivity index (χ0n) is 12.2. The summed E-state index contributed by atoms with van der Waals surface area (Å²) >= 11 is -1.99. The van der Waals surface area contributed by atoms with Gasteiger partial charge in [0.05, 0.1) is 0 Å². The van der Waals surface area contributed by atoms with E-state index in [1.54, 1.807) is 18.2 Å². The Morgan fingerprint density at radius 3 is 2.59 bits per heavy atom. The highest BCUT2D eigenvalue weighted by atomic mass is 32.2. The number of benzene rings is 2. The molecule has 3 rings (SSSR count). The molecule has 2 atom stereocenters. The van der Waals surface area contributed by atoms with Crippen molar-refractivity contribution in [2.45, 2.75) is 25.9 Å². The summed E-state index contributed by atoms with van der Waals surface area (Å²) in [5.41, 5.74) is 2.74. The van der Waals surface area contributed by atoms with E-state index in [1.165, 1.54) is 0 Å². The molecule has 0 heterocycles. The van der Waals surface area contributed by atoms with Crippen LogP contribution in [0.1, 0.15) is 27.9 Å². The van der Waals surface area contributed by atoms with Gasteiger partial charge in [-0.2, -0.15) is 4.21 Å². The van der Waals surface area contributed by atoms with Gasteiger partial charge in [-0.15, -0.1) is 0 Å². The molecule has 0 spiro atoms. The Morgan fingerprint density at radius 1 is 1.09 bits per heavy atom. The maximum absolute atomic E-state index is 12.3. The molecule has 0 bridgehead atoms. The molecule has 4 nitrogen and oxygen atoms in total. The third-order valence-electron chi connectivity index (χ3n) is 3.63. The van der Waals surface area contributed by atoms with Gasteiger partial charge in [0.25, 0.3) is 0 Å². The van der Waals surface area contributed by atoms with Gasteiger partial charge in [-0.1, -0.05) is 42.0 Å². The average molecular weight is 316 g/mol. The molecule has 0 saturated heterocycles. The number of hydrogen-bond acceptors (Lipinski definition) is 4. The Hall–Kier alpha value is -1.98. The zero-order valence-corrected chi connectivity index (χ0v) is 13.0. The van der Waals surface area contributed by atoms with Crippen LogP contribution < -0.4 is 4.18 Å². The maximum Gasteiger partial charge on any atom is 0.360 e. The summed E-state index contributed by atoms with van der Waals surface area (Å²) in [6.45, 7) is 1.95. The minimum Gasteiger partial charge on any atom is -0.380 e. The molecule has 2 unspecified atom stereocenters. The second-order valence-electron chi connectivity index (χ2n) is 5.25. The van der Waals surface area contributed by atoms with E-state index in [4.69, 9.17) is 8.37 Å². The normalized spacial score (nSPS) is 18.6. The molecule has 0 amide bonds. The molecule has 0 radical (unpaired) electrons. The molecule has 0 fully saturated rings. The lowest BCUT2D eigenvalue weighted by molar-refractivity contribution is 0.0770. The molecule has 1 aliphatic carbocycles. The molecule has 22 heavy (non-hydrogen) atoms. The summed E-state index contributed by atoms with van der Waals surface area (Å²) in [5, 5.41) is 0. The molecule has 1 aliphatic rings. The van der Waals surface area contributed by atoms with Crippen LogP contribution in [0.15, 0.2) is 48.5 Å². The zero-order chi connectivity index (χ0) is 15.5. The molecule has 0 aliphatic heterocycles. The van der Waals surface area contributed by atoms with E-state index in [0.717, 1.165) is 17.5 Å². The van der Waals surface area contributed by atoms with E-state index in [2.05, 4.69) is 0 Å². The van der Waals surface area contributed by atoms with Crippen LogP contribution in [0.5, 0.6) is 5.75 Å². The smallest absolute Gasteiger partial charge is 0.360 e. The van der Waals surface area contributed by atoms with Crippen molar-refractivity contribution in [2.75, 3.05) is 0 Å². The second kappa shape index (κ2) is 6.42. The Labute approximate surface area is 131 Å². The monoisotopic (exact) mass is 316 g/mol. The Bertz CT molecular complexity index is 709. The van der Waals surface area contributed by atoms with Crippen LogP contribution in [-0.4, -0.2) is 16.1 Å². The largest absolute Gasteiger partial charge is 0.380 e. The Balaban J connectivity index is 1.65. The summed E-state index contributed by atoms with van der Waals surface area (Å²) < 4.78 is 22.4. The molecule has 0 N–H and O–H groups in total. The van der Waals surface area contributed by atoms with E-state index in [0.29, 0.717) is 17.7 Å². The van der Waals surface area contributed by atoms with Gasteiger partial charge in [-0.05, 0) is 37.5 Å². The summed E-state index contributed by atoms with van der Waals surface area (Å²) in [5.74, 6) is 0.315. The quantitative estimate of drug-likeness (QED) is 0.869.